The molecule has 0 aliphatic heterocycles. The third-order valence-corrected chi connectivity index (χ3v) is 2.55. The summed E-state index contributed by atoms with van der Waals surface area (Å²) in [7, 11) is 1.64. The van der Waals surface area contributed by atoms with Gasteiger partial charge in [0.15, 0.2) is 0 Å². The molecule has 19 heavy (non-hydrogen) atoms. The van der Waals surface area contributed by atoms with Crippen LogP contribution in [0, 0.1) is 0 Å². The van der Waals surface area contributed by atoms with Crippen LogP contribution in [0.5, 0.6) is 5.75 Å². The Morgan fingerprint density at radius 1 is 1.21 bits per heavy atom. The van der Waals surface area contributed by atoms with E-state index in [9.17, 15) is 4.39 Å². The summed E-state index contributed by atoms with van der Waals surface area (Å²) in [4.78, 5) is 7.24. The van der Waals surface area contributed by atoms with Crippen molar-refractivity contribution in [1.29, 1.82) is 0 Å². The van der Waals surface area contributed by atoms with E-state index in [1.807, 2.05) is 36.4 Å². The van der Waals surface area contributed by atoms with Crippen molar-refractivity contribution in [1.82, 2.24) is 9.97 Å². The second-order valence-corrected chi connectivity index (χ2v) is 3.89. The first-order valence-electron chi connectivity index (χ1n) is 5.91. The highest BCUT2D eigenvalue weighted by Gasteiger charge is 1.94. The Labute approximate surface area is 111 Å². The van der Waals surface area contributed by atoms with Crippen LogP contribution in [0.15, 0.2) is 36.5 Å². The lowest BCUT2D eigenvalue weighted by atomic mass is 10.2. The van der Waals surface area contributed by atoms with Crippen molar-refractivity contribution >= 4 is 18.2 Å². The summed E-state index contributed by atoms with van der Waals surface area (Å²) in [6, 6.07) is 7.72. The fourth-order valence-corrected chi connectivity index (χ4v) is 1.58. The molecular weight excluding hydrogens is 243 g/mol. The van der Waals surface area contributed by atoms with E-state index in [4.69, 9.17) is 4.74 Å². The number of nitrogens with one attached hydrogen (secondary N) is 1. The van der Waals surface area contributed by atoms with Gasteiger partial charge < -0.3 is 9.72 Å². The third kappa shape index (κ3) is 3.81. The predicted octanol–water partition coefficient (Wildman–Crippen LogP) is 3.57. The zero-order valence-corrected chi connectivity index (χ0v) is 10.6. The molecule has 0 aliphatic rings. The summed E-state index contributed by atoms with van der Waals surface area (Å²) in [5.41, 5.74) is 1.84. The van der Waals surface area contributed by atoms with Crippen molar-refractivity contribution in [2.45, 2.75) is 0 Å². The quantitative estimate of drug-likeness (QED) is 0.890. The van der Waals surface area contributed by atoms with Crippen molar-refractivity contribution in [2.24, 2.45) is 0 Å². The van der Waals surface area contributed by atoms with Gasteiger partial charge in [0.2, 0.25) is 0 Å². The van der Waals surface area contributed by atoms with Crippen LogP contribution in [0.2, 0.25) is 0 Å². The van der Waals surface area contributed by atoms with Crippen LogP contribution in [-0.2, 0) is 0 Å². The molecule has 0 bridgehead atoms. The van der Waals surface area contributed by atoms with Gasteiger partial charge in [-0.2, -0.15) is 0 Å². The number of halogens is 1. The van der Waals surface area contributed by atoms with Crippen LogP contribution in [0.1, 0.15) is 17.1 Å². The number of methoxy groups -OCH3 is 1. The average molecular weight is 258 g/mol. The zero-order chi connectivity index (χ0) is 13.5. The average Bonchev–Trinajstić information content (AvgIpc) is 2.91. The zero-order valence-electron chi connectivity index (χ0n) is 10.6. The molecule has 0 fully saturated rings. The lowest BCUT2D eigenvalue weighted by Crippen LogP contribution is -1.81. The number of rotatable bonds is 5. The monoisotopic (exact) mass is 258 g/mol. The first kappa shape index (κ1) is 13.1. The number of hydrogen-bond acceptors (Lipinski definition) is 2. The van der Waals surface area contributed by atoms with Gasteiger partial charge in [0, 0.05) is 0 Å². The molecule has 0 unspecified atom stereocenters. The molecule has 1 heterocycles. The molecule has 4 heteroatoms. The highest BCUT2D eigenvalue weighted by molar-refractivity contribution is 5.67. The lowest BCUT2D eigenvalue weighted by Gasteiger charge is -1.98. The van der Waals surface area contributed by atoms with Crippen LogP contribution < -0.4 is 4.74 Å². The van der Waals surface area contributed by atoms with Gasteiger partial charge in [0.25, 0.3) is 0 Å². The van der Waals surface area contributed by atoms with E-state index < -0.39 is 6.67 Å². The molecule has 1 aromatic heterocycles. The summed E-state index contributed by atoms with van der Waals surface area (Å²) in [5.74, 6) is 1.56. The van der Waals surface area contributed by atoms with Gasteiger partial charge in [0.1, 0.15) is 18.2 Å². The maximum absolute atomic E-state index is 12.0. The predicted molar refractivity (Wildman–Crippen MR) is 75.5 cm³/mol. The fourth-order valence-electron chi connectivity index (χ4n) is 1.58. The Balaban J connectivity index is 2.04. The Morgan fingerprint density at radius 2 is 2.00 bits per heavy atom. The van der Waals surface area contributed by atoms with E-state index in [0.29, 0.717) is 0 Å². The molecule has 2 rings (SSSR count). The van der Waals surface area contributed by atoms with E-state index in [1.165, 1.54) is 6.08 Å². The Bertz CT molecular complexity index is 570. The summed E-state index contributed by atoms with van der Waals surface area (Å²) >= 11 is 0. The summed E-state index contributed by atoms with van der Waals surface area (Å²) in [5, 5.41) is 0. The van der Waals surface area contributed by atoms with Crippen LogP contribution in [0.4, 0.5) is 4.39 Å². The van der Waals surface area contributed by atoms with Crippen molar-refractivity contribution in [3.8, 4) is 5.75 Å². The molecule has 2 aromatic rings. The van der Waals surface area contributed by atoms with Crippen LogP contribution in [-0.4, -0.2) is 23.8 Å². The standard InChI is InChI=1S/C15H15FN2O/c1-19-14-7-4-12(5-8-14)6-9-15-17-11-13(18-15)3-2-10-16/h2-9,11H,10H2,1H3,(H,17,18)/b3-2+,9-6+. The van der Waals surface area contributed by atoms with Crippen molar-refractivity contribution in [3.63, 3.8) is 0 Å². The van der Waals surface area contributed by atoms with Gasteiger partial charge in [-0.25, -0.2) is 9.37 Å². The van der Waals surface area contributed by atoms with Crippen LogP contribution in [0.3, 0.4) is 0 Å². The van der Waals surface area contributed by atoms with E-state index in [2.05, 4.69) is 9.97 Å². The van der Waals surface area contributed by atoms with Gasteiger partial charge in [-0.1, -0.05) is 24.3 Å². The second kappa shape index (κ2) is 6.54. The summed E-state index contributed by atoms with van der Waals surface area (Å²) in [6.07, 6.45) is 8.58. The van der Waals surface area contributed by atoms with Crippen LogP contribution in [0.25, 0.3) is 18.2 Å². The number of aromatic nitrogens is 2. The minimum atomic E-state index is -0.476. The number of aromatic amines is 1. The topological polar surface area (TPSA) is 37.9 Å². The van der Waals surface area contributed by atoms with Gasteiger partial charge in [0.05, 0.1) is 19.0 Å². The molecule has 0 atom stereocenters. The first-order valence-corrected chi connectivity index (χ1v) is 5.91. The van der Waals surface area contributed by atoms with Crippen molar-refractivity contribution in [3.05, 3.63) is 53.6 Å². The van der Waals surface area contributed by atoms with E-state index in [0.717, 1.165) is 22.8 Å². The molecule has 1 N–H and O–H groups in total. The van der Waals surface area contributed by atoms with Crippen molar-refractivity contribution < 1.29 is 9.13 Å². The minimum absolute atomic E-state index is 0.476. The highest BCUT2D eigenvalue weighted by atomic mass is 19.1. The van der Waals surface area contributed by atoms with Gasteiger partial charge in [-0.05, 0) is 29.8 Å². The summed E-state index contributed by atoms with van der Waals surface area (Å²) in [6.45, 7) is -0.476. The molecule has 3 nitrogen and oxygen atoms in total. The Hall–Kier alpha value is -2.36. The number of alkyl halides is 1. The molecule has 0 amide bonds. The highest BCUT2D eigenvalue weighted by Crippen LogP contribution is 2.13. The molecule has 1 aromatic carbocycles. The maximum Gasteiger partial charge on any atom is 0.130 e. The van der Waals surface area contributed by atoms with Gasteiger partial charge >= 0.3 is 0 Å². The fraction of sp³-hybridized carbons (Fsp3) is 0.133. The number of H-pyrrole nitrogens is 1. The molecule has 98 valence electrons. The SMILES string of the molecule is COc1ccc(/C=C/c2ncc(/C=C/CF)[nH]2)cc1. The molecule has 0 aliphatic carbocycles. The van der Waals surface area contributed by atoms with E-state index in [1.54, 1.807) is 19.4 Å². The number of imidazole rings is 1. The van der Waals surface area contributed by atoms with E-state index in [-0.39, 0.29) is 0 Å². The first-order chi connectivity index (χ1) is 9.31. The largest absolute Gasteiger partial charge is 0.497 e. The molecule has 0 saturated carbocycles. The number of nitrogens with zero attached hydrogens (tertiary/aromatic N) is 1. The molecular formula is C15H15FN2O. The Kier molecular flexibility index (Phi) is 4.50. The lowest BCUT2D eigenvalue weighted by molar-refractivity contribution is 0.415. The third-order valence-electron chi connectivity index (χ3n) is 2.55. The second-order valence-electron chi connectivity index (χ2n) is 3.89. The Morgan fingerprint density at radius 3 is 2.68 bits per heavy atom. The number of ether oxygens (including phenoxy) is 1. The summed E-state index contributed by atoms with van der Waals surface area (Å²) < 4.78 is 17.1. The van der Waals surface area contributed by atoms with Crippen LogP contribution >= 0.6 is 0 Å². The van der Waals surface area contributed by atoms with Crippen molar-refractivity contribution in [2.75, 3.05) is 13.8 Å². The normalized spacial score (nSPS) is 11.5. The minimum Gasteiger partial charge on any atom is -0.497 e. The molecule has 0 saturated heterocycles. The molecule has 0 spiro atoms. The smallest absolute Gasteiger partial charge is 0.130 e. The van der Waals surface area contributed by atoms with Gasteiger partial charge in [-0.3, -0.25) is 0 Å². The van der Waals surface area contributed by atoms with Gasteiger partial charge in [-0.15, -0.1) is 0 Å². The molecule has 0 radical (unpaired) electrons. The number of allylic oxidation sites excluding steroid dienone is 1. The maximum atomic E-state index is 12.0. The number of benzene rings is 1. The van der Waals surface area contributed by atoms with E-state index >= 15 is 0 Å². The number of hydrogen-bond donors (Lipinski definition) is 1.